The highest BCUT2D eigenvalue weighted by atomic mass is 16.7. The SMILES string of the molecule is O=C(NCCc1ccccc1)c1ccc(NCc2ccc3c(c2)OCO3)nc1. The van der Waals surface area contributed by atoms with Crippen molar-refractivity contribution in [3.05, 3.63) is 83.6 Å². The first-order chi connectivity index (χ1) is 13.8. The highest BCUT2D eigenvalue weighted by molar-refractivity contribution is 5.94. The van der Waals surface area contributed by atoms with E-state index in [2.05, 4.69) is 15.6 Å². The fraction of sp³-hybridized carbons (Fsp3) is 0.182. The lowest BCUT2D eigenvalue weighted by molar-refractivity contribution is 0.0954. The molecule has 0 radical (unpaired) electrons. The molecule has 6 heteroatoms. The van der Waals surface area contributed by atoms with E-state index in [1.807, 2.05) is 48.5 Å². The summed E-state index contributed by atoms with van der Waals surface area (Å²) in [5, 5.41) is 6.17. The lowest BCUT2D eigenvalue weighted by Crippen LogP contribution is -2.25. The second kappa shape index (κ2) is 8.43. The summed E-state index contributed by atoms with van der Waals surface area (Å²) >= 11 is 0. The molecule has 1 aliphatic heterocycles. The highest BCUT2D eigenvalue weighted by Crippen LogP contribution is 2.32. The summed E-state index contributed by atoms with van der Waals surface area (Å²) in [7, 11) is 0. The van der Waals surface area contributed by atoms with Gasteiger partial charge in [-0.15, -0.1) is 0 Å². The van der Waals surface area contributed by atoms with Crippen LogP contribution in [0.5, 0.6) is 11.5 Å². The molecule has 0 fully saturated rings. The normalized spacial score (nSPS) is 11.9. The van der Waals surface area contributed by atoms with Crippen molar-refractivity contribution in [1.29, 1.82) is 0 Å². The number of ether oxygens (including phenoxy) is 2. The predicted molar refractivity (Wildman–Crippen MR) is 107 cm³/mol. The van der Waals surface area contributed by atoms with Gasteiger partial charge in [-0.2, -0.15) is 0 Å². The van der Waals surface area contributed by atoms with E-state index < -0.39 is 0 Å². The number of aromatic nitrogens is 1. The van der Waals surface area contributed by atoms with E-state index in [1.54, 1.807) is 18.3 Å². The molecule has 0 bridgehead atoms. The first-order valence-corrected chi connectivity index (χ1v) is 9.18. The minimum Gasteiger partial charge on any atom is -0.454 e. The number of nitrogens with one attached hydrogen (secondary N) is 2. The zero-order chi connectivity index (χ0) is 19.2. The minimum atomic E-state index is -0.120. The van der Waals surface area contributed by atoms with Gasteiger partial charge >= 0.3 is 0 Å². The van der Waals surface area contributed by atoms with Gasteiger partial charge in [0.1, 0.15) is 5.82 Å². The Bertz CT molecular complexity index is 943. The Morgan fingerprint density at radius 1 is 0.964 bits per heavy atom. The fourth-order valence-corrected chi connectivity index (χ4v) is 2.94. The van der Waals surface area contributed by atoms with Crippen LogP contribution in [0.15, 0.2) is 66.9 Å². The van der Waals surface area contributed by atoms with Crippen LogP contribution >= 0.6 is 0 Å². The second-order valence-electron chi connectivity index (χ2n) is 6.46. The van der Waals surface area contributed by atoms with Crippen molar-refractivity contribution in [2.75, 3.05) is 18.7 Å². The number of amides is 1. The molecule has 6 nitrogen and oxygen atoms in total. The van der Waals surface area contributed by atoms with Crippen molar-refractivity contribution in [2.24, 2.45) is 0 Å². The Morgan fingerprint density at radius 3 is 2.64 bits per heavy atom. The maximum absolute atomic E-state index is 12.2. The first kappa shape index (κ1) is 17.9. The summed E-state index contributed by atoms with van der Waals surface area (Å²) < 4.78 is 10.7. The second-order valence-corrected chi connectivity index (χ2v) is 6.46. The number of rotatable bonds is 7. The zero-order valence-electron chi connectivity index (χ0n) is 15.4. The van der Waals surface area contributed by atoms with Gasteiger partial charge < -0.3 is 20.1 Å². The van der Waals surface area contributed by atoms with Gasteiger partial charge in [0.05, 0.1) is 5.56 Å². The molecule has 0 saturated carbocycles. The van der Waals surface area contributed by atoms with Gasteiger partial charge in [-0.3, -0.25) is 4.79 Å². The summed E-state index contributed by atoms with van der Waals surface area (Å²) in [4.78, 5) is 16.6. The predicted octanol–water partition coefficient (Wildman–Crippen LogP) is 3.39. The summed E-state index contributed by atoms with van der Waals surface area (Å²) in [6.07, 6.45) is 2.38. The Labute approximate surface area is 163 Å². The highest BCUT2D eigenvalue weighted by Gasteiger charge is 2.13. The standard InChI is InChI=1S/C22H21N3O3/c26-22(23-11-10-16-4-2-1-3-5-16)18-7-9-21(25-14-18)24-13-17-6-8-19-20(12-17)28-15-27-19/h1-9,12,14H,10-11,13,15H2,(H,23,26)(H,24,25). The van der Waals surface area contributed by atoms with E-state index >= 15 is 0 Å². The van der Waals surface area contributed by atoms with Crippen LogP contribution in [0, 0.1) is 0 Å². The smallest absolute Gasteiger partial charge is 0.252 e. The molecule has 142 valence electrons. The molecule has 1 aromatic heterocycles. The van der Waals surface area contributed by atoms with E-state index in [9.17, 15) is 4.79 Å². The molecule has 4 rings (SSSR count). The summed E-state index contributed by atoms with van der Waals surface area (Å²) in [6, 6.07) is 19.5. The van der Waals surface area contributed by atoms with Crippen molar-refractivity contribution in [3.8, 4) is 11.5 Å². The third-order valence-electron chi connectivity index (χ3n) is 4.48. The Balaban J connectivity index is 1.26. The summed E-state index contributed by atoms with van der Waals surface area (Å²) in [6.45, 7) is 1.46. The lowest BCUT2D eigenvalue weighted by atomic mass is 10.1. The zero-order valence-corrected chi connectivity index (χ0v) is 15.4. The molecule has 1 aliphatic rings. The van der Waals surface area contributed by atoms with Crippen LogP contribution in [0.1, 0.15) is 21.5 Å². The molecule has 2 heterocycles. The van der Waals surface area contributed by atoms with Crippen LogP contribution in [-0.2, 0) is 13.0 Å². The quantitative estimate of drug-likeness (QED) is 0.662. The van der Waals surface area contributed by atoms with Crippen molar-refractivity contribution >= 4 is 11.7 Å². The summed E-state index contributed by atoms with van der Waals surface area (Å²) in [5.41, 5.74) is 2.81. The molecular formula is C22H21N3O3. The van der Waals surface area contributed by atoms with Crippen LogP contribution in [0.4, 0.5) is 5.82 Å². The number of nitrogens with zero attached hydrogens (tertiary/aromatic N) is 1. The van der Waals surface area contributed by atoms with E-state index in [4.69, 9.17) is 9.47 Å². The van der Waals surface area contributed by atoms with Gasteiger partial charge in [0.15, 0.2) is 11.5 Å². The molecule has 3 aromatic rings. The number of anilines is 1. The Kier molecular flexibility index (Phi) is 5.38. The molecule has 0 spiro atoms. The number of benzene rings is 2. The Morgan fingerprint density at radius 2 is 1.82 bits per heavy atom. The van der Waals surface area contributed by atoms with Gasteiger partial charge in [0.25, 0.3) is 5.91 Å². The molecule has 2 N–H and O–H groups in total. The topological polar surface area (TPSA) is 72.5 Å². The van der Waals surface area contributed by atoms with E-state index in [-0.39, 0.29) is 12.7 Å². The van der Waals surface area contributed by atoms with E-state index in [0.29, 0.717) is 24.5 Å². The number of carbonyl (C=O) groups excluding carboxylic acids is 1. The van der Waals surface area contributed by atoms with E-state index in [0.717, 1.165) is 23.5 Å². The maximum atomic E-state index is 12.2. The molecule has 0 atom stereocenters. The average Bonchev–Trinajstić information content (AvgIpc) is 3.21. The minimum absolute atomic E-state index is 0.120. The van der Waals surface area contributed by atoms with Gasteiger partial charge in [-0.25, -0.2) is 4.98 Å². The molecule has 2 aromatic carbocycles. The number of fused-ring (bicyclic) bond motifs is 1. The maximum Gasteiger partial charge on any atom is 0.252 e. The third kappa shape index (κ3) is 4.40. The lowest BCUT2D eigenvalue weighted by Gasteiger charge is -2.08. The molecule has 0 unspecified atom stereocenters. The summed E-state index contributed by atoms with van der Waals surface area (Å²) in [5.74, 6) is 2.11. The van der Waals surface area contributed by atoms with Crippen molar-refractivity contribution in [1.82, 2.24) is 10.3 Å². The van der Waals surface area contributed by atoms with E-state index in [1.165, 1.54) is 5.56 Å². The van der Waals surface area contributed by atoms with Crippen LogP contribution in [0.2, 0.25) is 0 Å². The van der Waals surface area contributed by atoms with Gasteiger partial charge in [0.2, 0.25) is 6.79 Å². The largest absolute Gasteiger partial charge is 0.454 e. The van der Waals surface area contributed by atoms with Gasteiger partial charge in [0, 0.05) is 19.3 Å². The fourth-order valence-electron chi connectivity index (χ4n) is 2.94. The average molecular weight is 375 g/mol. The number of carbonyl (C=O) groups is 1. The van der Waals surface area contributed by atoms with Gasteiger partial charge in [-0.05, 0) is 41.8 Å². The Hall–Kier alpha value is -3.54. The van der Waals surface area contributed by atoms with Crippen molar-refractivity contribution in [2.45, 2.75) is 13.0 Å². The first-order valence-electron chi connectivity index (χ1n) is 9.18. The number of hydrogen-bond acceptors (Lipinski definition) is 5. The molecular weight excluding hydrogens is 354 g/mol. The molecule has 1 amide bonds. The van der Waals surface area contributed by atoms with Gasteiger partial charge in [-0.1, -0.05) is 36.4 Å². The third-order valence-corrected chi connectivity index (χ3v) is 4.48. The van der Waals surface area contributed by atoms with Crippen LogP contribution < -0.4 is 20.1 Å². The van der Waals surface area contributed by atoms with Crippen LogP contribution in [0.3, 0.4) is 0 Å². The van der Waals surface area contributed by atoms with Crippen LogP contribution in [-0.4, -0.2) is 24.2 Å². The monoisotopic (exact) mass is 375 g/mol. The molecule has 28 heavy (non-hydrogen) atoms. The molecule has 0 saturated heterocycles. The van der Waals surface area contributed by atoms with Crippen molar-refractivity contribution < 1.29 is 14.3 Å². The number of hydrogen-bond donors (Lipinski definition) is 2. The van der Waals surface area contributed by atoms with Crippen LogP contribution in [0.25, 0.3) is 0 Å². The molecule has 0 aliphatic carbocycles. The number of pyridine rings is 1. The van der Waals surface area contributed by atoms with Crippen molar-refractivity contribution in [3.63, 3.8) is 0 Å².